The molecule has 0 unspecified atom stereocenters. The van der Waals surface area contributed by atoms with E-state index in [0.717, 1.165) is 25.4 Å². The first-order valence-corrected chi connectivity index (χ1v) is 5.37. The van der Waals surface area contributed by atoms with Crippen molar-refractivity contribution in [2.45, 2.75) is 33.2 Å². The second kappa shape index (κ2) is 5.81. The average molecular weight is 195 g/mol. The first-order chi connectivity index (χ1) is 6.72. The summed E-state index contributed by atoms with van der Waals surface area (Å²) >= 11 is 0. The van der Waals surface area contributed by atoms with E-state index < -0.39 is 0 Å². The van der Waals surface area contributed by atoms with Crippen molar-refractivity contribution in [1.82, 2.24) is 14.9 Å². The van der Waals surface area contributed by atoms with Gasteiger partial charge in [0.1, 0.15) is 0 Å². The summed E-state index contributed by atoms with van der Waals surface area (Å²) in [4.78, 5) is 4.35. The first kappa shape index (κ1) is 11.2. The summed E-state index contributed by atoms with van der Waals surface area (Å²) in [6, 6.07) is 0. The van der Waals surface area contributed by atoms with Gasteiger partial charge in [-0.25, -0.2) is 4.98 Å². The Kier molecular flexibility index (Phi) is 4.66. The third kappa shape index (κ3) is 3.92. The number of hydrogen-bond acceptors (Lipinski definition) is 2. The normalized spacial score (nSPS) is 11.1. The van der Waals surface area contributed by atoms with E-state index in [1.165, 1.54) is 12.1 Å². The molecule has 0 saturated heterocycles. The topological polar surface area (TPSA) is 29.9 Å². The number of aryl methyl sites for hydroxylation is 1. The molecular weight excluding hydrogens is 174 g/mol. The lowest BCUT2D eigenvalue weighted by atomic mass is 10.1. The van der Waals surface area contributed by atoms with Crippen LogP contribution >= 0.6 is 0 Å². The SMILES string of the molecule is CNCCc1cn(CCC(C)C)cn1. The Labute approximate surface area is 86.5 Å². The minimum absolute atomic E-state index is 0.762. The third-order valence-corrected chi connectivity index (χ3v) is 2.28. The maximum atomic E-state index is 4.35. The van der Waals surface area contributed by atoms with E-state index in [9.17, 15) is 0 Å². The maximum Gasteiger partial charge on any atom is 0.0949 e. The highest BCUT2D eigenvalue weighted by Gasteiger charge is 1.99. The fraction of sp³-hybridized carbons (Fsp3) is 0.727. The van der Waals surface area contributed by atoms with Crippen LogP contribution in [0.15, 0.2) is 12.5 Å². The minimum atomic E-state index is 0.762. The smallest absolute Gasteiger partial charge is 0.0949 e. The van der Waals surface area contributed by atoms with E-state index in [4.69, 9.17) is 0 Å². The fourth-order valence-electron chi connectivity index (χ4n) is 1.32. The number of nitrogens with zero attached hydrogens (tertiary/aromatic N) is 2. The summed E-state index contributed by atoms with van der Waals surface area (Å²) in [7, 11) is 1.97. The van der Waals surface area contributed by atoms with Gasteiger partial charge in [0, 0.05) is 25.7 Å². The van der Waals surface area contributed by atoms with Crippen LogP contribution < -0.4 is 5.32 Å². The van der Waals surface area contributed by atoms with Crippen LogP contribution in [0.2, 0.25) is 0 Å². The molecule has 0 aliphatic rings. The van der Waals surface area contributed by atoms with E-state index in [2.05, 4.69) is 34.9 Å². The molecule has 0 amide bonds. The van der Waals surface area contributed by atoms with Crippen molar-refractivity contribution in [3.05, 3.63) is 18.2 Å². The van der Waals surface area contributed by atoms with Crippen molar-refractivity contribution in [3.63, 3.8) is 0 Å². The average Bonchev–Trinajstić information content (AvgIpc) is 2.59. The Morgan fingerprint density at radius 3 is 2.93 bits per heavy atom. The quantitative estimate of drug-likeness (QED) is 0.748. The minimum Gasteiger partial charge on any atom is -0.337 e. The molecule has 14 heavy (non-hydrogen) atoms. The van der Waals surface area contributed by atoms with Crippen LogP contribution in [-0.2, 0) is 13.0 Å². The second-order valence-electron chi connectivity index (χ2n) is 4.14. The fourth-order valence-corrected chi connectivity index (χ4v) is 1.32. The largest absolute Gasteiger partial charge is 0.337 e. The van der Waals surface area contributed by atoms with Crippen molar-refractivity contribution in [2.24, 2.45) is 5.92 Å². The molecule has 1 N–H and O–H groups in total. The van der Waals surface area contributed by atoms with Crippen molar-refractivity contribution >= 4 is 0 Å². The standard InChI is InChI=1S/C11H21N3/c1-10(2)5-7-14-8-11(13-9-14)4-6-12-3/h8-10,12H,4-7H2,1-3H3. The second-order valence-corrected chi connectivity index (χ2v) is 4.14. The molecule has 0 fully saturated rings. The number of nitrogens with one attached hydrogen (secondary N) is 1. The zero-order valence-corrected chi connectivity index (χ0v) is 9.45. The van der Waals surface area contributed by atoms with Gasteiger partial charge in [-0.15, -0.1) is 0 Å². The molecule has 0 aliphatic carbocycles. The molecule has 0 bridgehead atoms. The van der Waals surface area contributed by atoms with E-state index >= 15 is 0 Å². The van der Waals surface area contributed by atoms with Crippen LogP contribution in [0.25, 0.3) is 0 Å². The number of hydrogen-bond donors (Lipinski definition) is 1. The van der Waals surface area contributed by atoms with Crippen molar-refractivity contribution in [2.75, 3.05) is 13.6 Å². The zero-order valence-electron chi connectivity index (χ0n) is 9.45. The zero-order chi connectivity index (χ0) is 10.4. The van der Waals surface area contributed by atoms with Gasteiger partial charge in [0.2, 0.25) is 0 Å². The van der Waals surface area contributed by atoms with E-state index in [0.29, 0.717) is 0 Å². The summed E-state index contributed by atoms with van der Waals surface area (Å²) in [6.45, 7) is 6.59. The summed E-state index contributed by atoms with van der Waals surface area (Å²) in [6.07, 6.45) is 6.33. The number of aromatic nitrogens is 2. The predicted molar refractivity (Wildman–Crippen MR) is 59.3 cm³/mol. The number of likely N-dealkylation sites (N-methyl/N-ethyl adjacent to an activating group) is 1. The highest BCUT2D eigenvalue weighted by Crippen LogP contribution is 2.04. The Bertz CT molecular complexity index is 253. The molecule has 0 aliphatic heterocycles. The molecule has 0 atom stereocenters. The molecule has 1 aromatic heterocycles. The van der Waals surface area contributed by atoms with Crippen LogP contribution in [0, 0.1) is 5.92 Å². The molecular formula is C11H21N3. The van der Waals surface area contributed by atoms with Gasteiger partial charge < -0.3 is 9.88 Å². The summed E-state index contributed by atoms with van der Waals surface area (Å²) in [5.74, 6) is 0.762. The van der Waals surface area contributed by atoms with Crippen LogP contribution in [-0.4, -0.2) is 23.1 Å². The monoisotopic (exact) mass is 195 g/mol. The first-order valence-electron chi connectivity index (χ1n) is 5.37. The molecule has 0 spiro atoms. The Morgan fingerprint density at radius 1 is 1.50 bits per heavy atom. The van der Waals surface area contributed by atoms with Gasteiger partial charge in [0.05, 0.1) is 12.0 Å². The van der Waals surface area contributed by atoms with Gasteiger partial charge >= 0.3 is 0 Å². The van der Waals surface area contributed by atoms with Gasteiger partial charge in [-0.2, -0.15) is 0 Å². The van der Waals surface area contributed by atoms with Crippen LogP contribution in [0.4, 0.5) is 0 Å². The van der Waals surface area contributed by atoms with Gasteiger partial charge in [0.25, 0.3) is 0 Å². The van der Waals surface area contributed by atoms with Crippen molar-refractivity contribution in [1.29, 1.82) is 0 Å². The highest BCUT2D eigenvalue weighted by molar-refractivity contribution is 4.97. The Balaban J connectivity index is 2.35. The molecule has 3 heteroatoms. The molecule has 80 valence electrons. The number of rotatable bonds is 6. The van der Waals surface area contributed by atoms with Gasteiger partial charge in [0.15, 0.2) is 0 Å². The Hall–Kier alpha value is -0.830. The van der Waals surface area contributed by atoms with Crippen LogP contribution in [0.5, 0.6) is 0 Å². The van der Waals surface area contributed by atoms with E-state index in [-0.39, 0.29) is 0 Å². The van der Waals surface area contributed by atoms with Crippen LogP contribution in [0.3, 0.4) is 0 Å². The molecule has 0 saturated carbocycles. The highest BCUT2D eigenvalue weighted by atomic mass is 15.0. The molecule has 1 aromatic rings. The van der Waals surface area contributed by atoms with Gasteiger partial charge in [-0.3, -0.25) is 0 Å². The molecule has 0 aromatic carbocycles. The maximum absolute atomic E-state index is 4.35. The van der Waals surface area contributed by atoms with E-state index in [1.54, 1.807) is 0 Å². The van der Waals surface area contributed by atoms with E-state index in [1.807, 2.05) is 13.4 Å². The lowest BCUT2D eigenvalue weighted by Gasteiger charge is -2.04. The molecule has 0 radical (unpaired) electrons. The summed E-state index contributed by atoms with van der Waals surface area (Å²) in [5.41, 5.74) is 1.18. The summed E-state index contributed by atoms with van der Waals surface area (Å²) < 4.78 is 2.19. The van der Waals surface area contributed by atoms with Crippen molar-refractivity contribution in [3.8, 4) is 0 Å². The van der Waals surface area contributed by atoms with Crippen LogP contribution in [0.1, 0.15) is 26.0 Å². The third-order valence-electron chi connectivity index (χ3n) is 2.28. The predicted octanol–water partition coefficient (Wildman–Crippen LogP) is 1.69. The van der Waals surface area contributed by atoms with Gasteiger partial charge in [-0.05, 0) is 19.4 Å². The Morgan fingerprint density at radius 2 is 2.29 bits per heavy atom. The molecule has 3 nitrogen and oxygen atoms in total. The lowest BCUT2D eigenvalue weighted by molar-refractivity contribution is 0.516. The summed E-state index contributed by atoms with van der Waals surface area (Å²) in [5, 5.41) is 3.13. The lowest BCUT2D eigenvalue weighted by Crippen LogP contribution is -2.10. The van der Waals surface area contributed by atoms with Crippen molar-refractivity contribution < 1.29 is 0 Å². The van der Waals surface area contributed by atoms with Gasteiger partial charge in [-0.1, -0.05) is 13.8 Å². The molecule has 1 heterocycles. The molecule has 1 rings (SSSR count). The number of imidazole rings is 1.